The van der Waals surface area contributed by atoms with Crippen LogP contribution in [0.5, 0.6) is 0 Å². The van der Waals surface area contributed by atoms with Crippen LogP contribution in [0, 0.1) is 0 Å². The zero-order valence-electron chi connectivity index (χ0n) is 8.61. The summed E-state index contributed by atoms with van der Waals surface area (Å²) in [5, 5.41) is 8.78. The molecule has 1 N–H and O–H groups in total. The van der Waals surface area contributed by atoms with Gasteiger partial charge in [0.05, 0.1) is 6.54 Å². The summed E-state index contributed by atoms with van der Waals surface area (Å²) in [5.74, 6) is -0.107. The lowest BCUT2D eigenvalue weighted by Gasteiger charge is -2.03. The molecule has 16 heavy (non-hydrogen) atoms. The second-order valence-electron chi connectivity index (χ2n) is 3.25. The summed E-state index contributed by atoms with van der Waals surface area (Å²) in [5.41, 5.74) is 0.565. The lowest BCUT2D eigenvalue weighted by atomic mass is 10.4. The molecule has 1 amide bonds. The molecule has 2 aromatic heterocycles. The summed E-state index contributed by atoms with van der Waals surface area (Å²) < 4.78 is 2.60. The number of halogens is 1. The number of rotatable bonds is 3. The van der Waals surface area contributed by atoms with E-state index < -0.39 is 0 Å². The van der Waals surface area contributed by atoms with Crippen LogP contribution in [0.2, 0.25) is 0 Å². The molecule has 0 radical (unpaired) electrons. The Morgan fingerprint density at radius 2 is 2.50 bits per heavy atom. The number of carbonyl (C=O) groups excluding carboxylic acids is 1. The van der Waals surface area contributed by atoms with Crippen LogP contribution >= 0.6 is 27.3 Å². The maximum Gasteiger partial charge on any atom is 0.269 e. The minimum absolute atomic E-state index is 0.107. The van der Waals surface area contributed by atoms with Crippen LogP contribution in [0.3, 0.4) is 0 Å². The predicted molar refractivity (Wildman–Crippen MR) is 66.4 cm³/mol. The van der Waals surface area contributed by atoms with E-state index in [2.05, 4.69) is 26.3 Å². The van der Waals surface area contributed by atoms with Gasteiger partial charge in [0.15, 0.2) is 0 Å². The van der Waals surface area contributed by atoms with E-state index in [9.17, 15) is 4.79 Å². The molecule has 0 spiro atoms. The molecule has 2 heterocycles. The highest BCUT2D eigenvalue weighted by Gasteiger charge is 2.09. The van der Waals surface area contributed by atoms with E-state index in [0.29, 0.717) is 12.2 Å². The van der Waals surface area contributed by atoms with Crippen LogP contribution in [0.1, 0.15) is 15.4 Å². The lowest BCUT2D eigenvalue weighted by Crippen LogP contribution is -2.24. The molecule has 84 valence electrons. The van der Waals surface area contributed by atoms with Gasteiger partial charge in [0.2, 0.25) is 0 Å². The Bertz CT molecular complexity index is 506. The standard InChI is InChI=1S/C10H10BrN3OS/c1-14-9(2-3-13-14)10(15)12-5-8-4-7(11)6-16-8/h2-4,6H,5H2,1H3,(H,12,15). The maximum atomic E-state index is 11.7. The van der Waals surface area contributed by atoms with Crippen molar-refractivity contribution >= 4 is 33.2 Å². The zero-order valence-corrected chi connectivity index (χ0v) is 11.0. The van der Waals surface area contributed by atoms with Crippen molar-refractivity contribution in [3.05, 3.63) is 38.8 Å². The van der Waals surface area contributed by atoms with E-state index in [1.807, 2.05) is 11.4 Å². The first kappa shape index (κ1) is 11.3. The summed E-state index contributed by atoms with van der Waals surface area (Å²) in [7, 11) is 1.75. The van der Waals surface area contributed by atoms with Gasteiger partial charge in [-0.3, -0.25) is 9.48 Å². The number of aryl methyl sites for hydroxylation is 1. The molecule has 6 heteroatoms. The minimum atomic E-state index is -0.107. The Balaban J connectivity index is 1.96. The molecule has 0 aromatic carbocycles. The fourth-order valence-corrected chi connectivity index (χ4v) is 2.69. The summed E-state index contributed by atoms with van der Waals surface area (Å²) >= 11 is 4.98. The Labute approximate surface area is 105 Å². The quantitative estimate of drug-likeness (QED) is 0.944. The largest absolute Gasteiger partial charge is 0.346 e. The van der Waals surface area contributed by atoms with Crippen LogP contribution in [0.15, 0.2) is 28.2 Å². The van der Waals surface area contributed by atoms with Gasteiger partial charge < -0.3 is 5.32 Å². The molecule has 4 nitrogen and oxygen atoms in total. The summed E-state index contributed by atoms with van der Waals surface area (Å²) in [6.45, 7) is 0.542. The third-order valence-corrected chi connectivity index (χ3v) is 3.80. The van der Waals surface area contributed by atoms with Gasteiger partial charge >= 0.3 is 0 Å². The molecule has 0 aliphatic carbocycles. The molecule has 0 unspecified atom stereocenters. The number of carbonyl (C=O) groups is 1. The zero-order chi connectivity index (χ0) is 11.5. The van der Waals surface area contributed by atoms with Crippen molar-refractivity contribution < 1.29 is 4.79 Å². The Kier molecular flexibility index (Phi) is 3.40. The third-order valence-electron chi connectivity index (χ3n) is 2.10. The average molecular weight is 300 g/mol. The van der Waals surface area contributed by atoms with Gasteiger partial charge in [0, 0.05) is 28.0 Å². The van der Waals surface area contributed by atoms with Gasteiger partial charge in [-0.05, 0) is 28.1 Å². The van der Waals surface area contributed by atoms with Crippen molar-refractivity contribution in [2.45, 2.75) is 6.54 Å². The highest BCUT2D eigenvalue weighted by molar-refractivity contribution is 9.10. The molecule has 0 saturated carbocycles. The van der Waals surface area contributed by atoms with E-state index >= 15 is 0 Å². The minimum Gasteiger partial charge on any atom is -0.346 e. The van der Waals surface area contributed by atoms with Crippen LogP contribution in [0.25, 0.3) is 0 Å². The van der Waals surface area contributed by atoms with Gasteiger partial charge in [-0.25, -0.2) is 0 Å². The second kappa shape index (κ2) is 4.80. The highest BCUT2D eigenvalue weighted by Crippen LogP contribution is 2.19. The number of thiophene rings is 1. The Morgan fingerprint density at radius 3 is 3.06 bits per heavy atom. The van der Waals surface area contributed by atoms with Crippen molar-refractivity contribution in [3.63, 3.8) is 0 Å². The molecule has 2 aromatic rings. The summed E-state index contributed by atoms with van der Waals surface area (Å²) in [6.07, 6.45) is 1.61. The Hall–Kier alpha value is -1.14. The maximum absolute atomic E-state index is 11.7. The van der Waals surface area contributed by atoms with E-state index in [1.54, 1.807) is 35.3 Å². The normalized spacial score (nSPS) is 10.4. The van der Waals surface area contributed by atoms with Crippen molar-refractivity contribution in [2.75, 3.05) is 0 Å². The van der Waals surface area contributed by atoms with Gasteiger partial charge in [-0.2, -0.15) is 5.10 Å². The molecule has 0 fully saturated rings. The summed E-state index contributed by atoms with van der Waals surface area (Å²) in [6, 6.07) is 3.69. The average Bonchev–Trinajstić information content (AvgIpc) is 2.84. The van der Waals surface area contributed by atoms with Crippen molar-refractivity contribution in [2.24, 2.45) is 7.05 Å². The molecule has 0 bridgehead atoms. The topological polar surface area (TPSA) is 46.9 Å². The smallest absolute Gasteiger partial charge is 0.269 e. The van der Waals surface area contributed by atoms with Crippen molar-refractivity contribution in [3.8, 4) is 0 Å². The van der Waals surface area contributed by atoms with E-state index in [0.717, 1.165) is 9.35 Å². The van der Waals surface area contributed by atoms with Crippen molar-refractivity contribution in [1.82, 2.24) is 15.1 Å². The lowest BCUT2D eigenvalue weighted by molar-refractivity contribution is 0.0942. The van der Waals surface area contributed by atoms with Crippen molar-refractivity contribution in [1.29, 1.82) is 0 Å². The predicted octanol–water partition coefficient (Wildman–Crippen LogP) is 2.17. The first-order chi connectivity index (χ1) is 7.66. The van der Waals surface area contributed by atoms with E-state index in [-0.39, 0.29) is 5.91 Å². The second-order valence-corrected chi connectivity index (χ2v) is 5.17. The monoisotopic (exact) mass is 299 g/mol. The number of hydrogen-bond donors (Lipinski definition) is 1. The molecule has 0 aliphatic rings. The van der Waals surface area contributed by atoms with Gasteiger partial charge in [-0.1, -0.05) is 0 Å². The third kappa shape index (κ3) is 2.51. The number of hydrogen-bond acceptors (Lipinski definition) is 3. The number of nitrogens with one attached hydrogen (secondary N) is 1. The number of aromatic nitrogens is 2. The fraction of sp³-hybridized carbons (Fsp3) is 0.200. The van der Waals surface area contributed by atoms with Crippen LogP contribution < -0.4 is 5.32 Å². The Morgan fingerprint density at radius 1 is 1.69 bits per heavy atom. The van der Waals surface area contributed by atoms with Crippen LogP contribution in [-0.4, -0.2) is 15.7 Å². The fourth-order valence-electron chi connectivity index (χ4n) is 1.30. The molecule has 0 atom stereocenters. The van der Waals surface area contributed by atoms with Gasteiger partial charge in [0.1, 0.15) is 5.69 Å². The number of nitrogens with zero attached hydrogens (tertiary/aromatic N) is 2. The first-order valence-corrected chi connectivity index (χ1v) is 6.33. The summed E-state index contributed by atoms with van der Waals surface area (Å²) in [4.78, 5) is 12.8. The molecule has 0 aliphatic heterocycles. The highest BCUT2D eigenvalue weighted by atomic mass is 79.9. The van der Waals surface area contributed by atoms with Crippen LogP contribution in [0.4, 0.5) is 0 Å². The first-order valence-electron chi connectivity index (χ1n) is 4.66. The van der Waals surface area contributed by atoms with E-state index in [4.69, 9.17) is 0 Å². The molecular weight excluding hydrogens is 290 g/mol. The molecule has 0 saturated heterocycles. The SMILES string of the molecule is Cn1nccc1C(=O)NCc1cc(Br)cs1. The molecular formula is C10H10BrN3OS. The van der Waals surface area contributed by atoms with Gasteiger partial charge in [-0.15, -0.1) is 11.3 Å². The van der Waals surface area contributed by atoms with Gasteiger partial charge in [0.25, 0.3) is 5.91 Å². The van der Waals surface area contributed by atoms with E-state index in [1.165, 1.54) is 0 Å². The number of amides is 1. The molecule has 2 rings (SSSR count). The van der Waals surface area contributed by atoms with Crippen LogP contribution in [-0.2, 0) is 13.6 Å².